The molecule has 1 heterocycles. The molecule has 3 aromatic rings. The average Bonchev–Trinajstić information content (AvgIpc) is 2.71. The predicted octanol–water partition coefficient (Wildman–Crippen LogP) is 4.92. The van der Waals surface area contributed by atoms with Gasteiger partial charge in [0.25, 0.3) is 0 Å². The fraction of sp³-hybridized carbons (Fsp3) is 0.188. The molecule has 1 N–H and O–H groups in total. The lowest BCUT2D eigenvalue weighted by Crippen LogP contribution is -1.82. The van der Waals surface area contributed by atoms with Crippen molar-refractivity contribution >= 4 is 27.0 Å². The second-order valence-corrected chi connectivity index (χ2v) is 5.97. The number of H-pyrrole nitrogens is 1. The summed E-state index contributed by atoms with van der Waals surface area (Å²) < 4.78 is 1.08. The zero-order chi connectivity index (χ0) is 13.6. The van der Waals surface area contributed by atoms with Crippen molar-refractivity contribution in [1.82, 2.24) is 9.97 Å². The van der Waals surface area contributed by atoms with Gasteiger partial charge in [-0.05, 0) is 67.8 Å². The van der Waals surface area contributed by atoms with Crippen LogP contribution in [0.2, 0.25) is 0 Å². The third-order valence-corrected chi connectivity index (χ3v) is 3.87. The summed E-state index contributed by atoms with van der Waals surface area (Å²) in [5, 5.41) is 0. The van der Waals surface area contributed by atoms with Gasteiger partial charge in [0.2, 0.25) is 0 Å². The van der Waals surface area contributed by atoms with Crippen molar-refractivity contribution in [3.63, 3.8) is 0 Å². The number of aromatic amines is 1. The van der Waals surface area contributed by atoms with Gasteiger partial charge >= 0.3 is 0 Å². The molecule has 0 spiro atoms. The van der Waals surface area contributed by atoms with E-state index in [1.54, 1.807) is 0 Å². The van der Waals surface area contributed by atoms with E-state index in [1.165, 1.54) is 16.7 Å². The molecule has 0 fully saturated rings. The van der Waals surface area contributed by atoms with Crippen LogP contribution >= 0.6 is 15.9 Å². The highest BCUT2D eigenvalue weighted by molar-refractivity contribution is 9.10. The van der Waals surface area contributed by atoms with Crippen LogP contribution in [0.3, 0.4) is 0 Å². The van der Waals surface area contributed by atoms with Gasteiger partial charge in [-0.1, -0.05) is 15.9 Å². The van der Waals surface area contributed by atoms with Crippen molar-refractivity contribution in [2.45, 2.75) is 20.8 Å². The number of nitrogens with one attached hydrogen (secondary N) is 1. The van der Waals surface area contributed by atoms with E-state index in [9.17, 15) is 0 Å². The number of aryl methyl sites for hydroxylation is 3. The van der Waals surface area contributed by atoms with E-state index in [-0.39, 0.29) is 0 Å². The maximum Gasteiger partial charge on any atom is 0.138 e. The first-order valence-electron chi connectivity index (χ1n) is 6.27. The van der Waals surface area contributed by atoms with Gasteiger partial charge in [0, 0.05) is 10.0 Å². The van der Waals surface area contributed by atoms with Crippen LogP contribution in [-0.4, -0.2) is 9.97 Å². The molecule has 2 nitrogen and oxygen atoms in total. The third-order valence-electron chi connectivity index (χ3n) is 3.41. The quantitative estimate of drug-likeness (QED) is 0.678. The van der Waals surface area contributed by atoms with Crippen LogP contribution in [0.5, 0.6) is 0 Å². The number of aromatic nitrogens is 2. The number of fused-ring (bicyclic) bond motifs is 1. The van der Waals surface area contributed by atoms with E-state index in [2.05, 4.69) is 72.0 Å². The molecule has 19 heavy (non-hydrogen) atoms. The highest BCUT2D eigenvalue weighted by Crippen LogP contribution is 2.26. The Morgan fingerprint density at radius 1 is 0.947 bits per heavy atom. The second kappa shape index (κ2) is 4.49. The normalized spacial score (nSPS) is 11.2. The molecular formula is C16H15BrN2. The van der Waals surface area contributed by atoms with Gasteiger partial charge in [0.15, 0.2) is 0 Å². The molecule has 1 aromatic heterocycles. The van der Waals surface area contributed by atoms with Crippen LogP contribution in [0.15, 0.2) is 34.8 Å². The van der Waals surface area contributed by atoms with Crippen molar-refractivity contribution < 1.29 is 0 Å². The highest BCUT2D eigenvalue weighted by atomic mass is 79.9. The zero-order valence-electron chi connectivity index (χ0n) is 11.2. The van der Waals surface area contributed by atoms with Crippen molar-refractivity contribution in [2.24, 2.45) is 0 Å². The Bertz CT molecular complexity index is 713. The largest absolute Gasteiger partial charge is 0.338 e. The maximum atomic E-state index is 4.69. The topological polar surface area (TPSA) is 28.7 Å². The first-order chi connectivity index (χ1) is 9.02. The third kappa shape index (κ3) is 2.30. The molecule has 0 amide bonds. The van der Waals surface area contributed by atoms with E-state index < -0.39 is 0 Å². The average molecular weight is 315 g/mol. The molecular weight excluding hydrogens is 300 g/mol. The van der Waals surface area contributed by atoms with Crippen molar-refractivity contribution in [3.8, 4) is 11.4 Å². The number of benzene rings is 2. The van der Waals surface area contributed by atoms with E-state index in [1.807, 2.05) is 0 Å². The SMILES string of the molecule is Cc1cc(Br)cc(-c2nc3cc(C)c(C)cc3[nH]2)c1. The molecule has 0 atom stereocenters. The second-order valence-electron chi connectivity index (χ2n) is 5.06. The highest BCUT2D eigenvalue weighted by Gasteiger charge is 2.07. The minimum atomic E-state index is 0.921. The first-order valence-corrected chi connectivity index (χ1v) is 7.07. The molecule has 0 saturated carbocycles. The van der Waals surface area contributed by atoms with Crippen molar-refractivity contribution in [3.05, 3.63) is 51.5 Å². The lowest BCUT2D eigenvalue weighted by Gasteiger charge is -2.00. The predicted molar refractivity (Wildman–Crippen MR) is 83.4 cm³/mol. The Hall–Kier alpha value is -1.61. The number of rotatable bonds is 1. The minimum Gasteiger partial charge on any atom is -0.338 e. The first kappa shape index (κ1) is 12.4. The van der Waals surface area contributed by atoms with Gasteiger partial charge in [-0.2, -0.15) is 0 Å². The van der Waals surface area contributed by atoms with Crippen LogP contribution in [0, 0.1) is 20.8 Å². The van der Waals surface area contributed by atoms with Gasteiger partial charge in [-0.3, -0.25) is 0 Å². The monoisotopic (exact) mass is 314 g/mol. The zero-order valence-corrected chi connectivity index (χ0v) is 12.8. The number of nitrogens with zero attached hydrogens (tertiary/aromatic N) is 1. The van der Waals surface area contributed by atoms with E-state index in [4.69, 9.17) is 4.98 Å². The molecule has 0 unspecified atom stereocenters. The van der Waals surface area contributed by atoms with E-state index in [0.29, 0.717) is 0 Å². The Balaban J connectivity index is 2.20. The van der Waals surface area contributed by atoms with Gasteiger partial charge in [0.1, 0.15) is 5.82 Å². The number of hydrogen-bond acceptors (Lipinski definition) is 1. The molecule has 0 aliphatic carbocycles. The van der Waals surface area contributed by atoms with Gasteiger partial charge in [0.05, 0.1) is 11.0 Å². The van der Waals surface area contributed by atoms with Crippen LogP contribution in [0.25, 0.3) is 22.4 Å². The molecule has 0 aliphatic heterocycles. The molecule has 0 bridgehead atoms. The summed E-state index contributed by atoms with van der Waals surface area (Å²) in [6.07, 6.45) is 0. The number of hydrogen-bond donors (Lipinski definition) is 1. The molecule has 0 saturated heterocycles. The Labute approximate surface area is 121 Å². The molecule has 0 radical (unpaired) electrons. The van der Waals surface area contributed by atoms with Gasteiger partial charge in [-0.25, -0.2) is 4.98 Å². The molecule has 96 valence electrons. The Morgan fingerprint density at radius 2 is 1.68 bits per heavy atom. The number of imidazole rings is 1. The maximum absolute atomic E-state index is 4.69. The fourth-order valence-corrected chi connectivity index (χ4v) is 2.89. The molecule has 0 aliphatic rings. The van der Waals surface area contributed by atoms with Gasteiger partial charge < -0.3 is 4.98 Å². The molecule has 3 rings (SSSR count). The standard InChI is InChI=1S/C16H15BrN2/c1-9-4-12(8-13(17)5-9)16-18-14-6-10(2)11(3)7-15(14)19-16/h4-8H,1-3H3,(H,18,19). The summed E-state index contributed by atoms with van der Waals surface area (Å²) in [6.45, 7) is 6.33. The summed E-state index contributed by atoms with van der Waals surface area (Å²) in [4.78, 5) is 8.09. The minimum absolute atomic E-state index is 0.921. The summed E-state index contributed by atoms with van der Waals surface area (Å²) >= 11 is 3.54. The summed E-state index contributed by atoms with van der Waals surface area (Å²) in [5.41, 5.74) is 7.01. The number of halogens is 1. The summed E-state index contributed by atoms with van der Waals surface area (Å²) in [5.74, 6) is 0.921. The lowest BCUT2D eigenvalue weighted by molar-refractivity contribution is 1.32. The lowest BCUT2D eigenvalue weighted by atomic mass is 10.1. The fourth-order valence-electron chi connectivity index (χ4n) is 2.28. The van der Waals surface area contributed by atoms with Crippen LogP contribution in [0.4, 0.5) is 0 Å². The van der Waals surface area contributed by atoms with Crippen LogP contribution in [-0.2, 0) is 0 Å². The Kier molecular flexibility index (Phi) is 2.94. The van der Waals surface area contributed by atoms with Crippen LogP contribution in [0.1, 0.15) is 16.7 Å². The van der Waals surface area contributed by atoms with Crippen LogP contribution < -0.4 is 0 Å². The molecule has 3 heteroatoms. The van der Waals surface area contributed by atoms with E-state index >= 15 is 0 Å². The van der Waals surface area contributed by atoms with Gasteiger partial charge in [-0.15, -0.1) is 0 Å². The smallest absolute Gasteiger partial charge is 0.138 e. The molecule has 2 aromatic carbocycles. The summed E-state index contributed by atoms with van der Waals surface area (Å²) in [6, 6.07) is 10.6. The van der Waals surface area contributed by atoms with Crippen molar-refractivity contribution in [2.75, 3.05) is 0 Å². The summed E-state index contributed by atoms with van der Waals surface area (Å²) in [7, 11) is 0. The van der Waals surface area contributed by atoms with Crippen molar-refractivity contribution in [1.29, 1.82) is 0 Å². The van der Waals surface area contributed by atoms with E-state index in [0.717, 1.165) is 26.9 Å². The Morgan fingerprint density at radius 3 is 2.42 bits per heavy atom.